The van der Waals surface area contributed by atoms with E-state index in [1.807, 2.05) is 0 Å². The van der Waals surface area contributed by atoms with Crippen molar-refractivity contribution in [2.75, 3.05) is 0 Å². The van der Waals surface area contributed by atoms with E-state index in [0.717, 1.165) is 11.3 Å². The highest BCUT2D eigenvalue weighted by atomic mass is 79.9. The lowest BCUT2D eigenvalue weighted by molar-refractivity contribution is 0.0850. The first-order valence-electron chi connectivity index (χ1n) is 5.19. The quantitative estimate of drug-likeness (QED) is 0.455. The van der Waals surface area contributed by atoms with E-state index < -0.39 is 15.6 Å². The molecule has 0 fully saturated rings. The van der Waals surface area contributed by atoms with Crippen LogP contribution in [0.3, 0.4) is 0 Å². The van der Waals surface area contributed by atoms with Gasteiger partial charge in [-0.3, -0.25) is 9.59 Å². The highest BCUT2D eigenvalue weighted by molar-refractivity contribution is 9.10. The maximum atomic E-state index is 14.6. The van der Waals surface area contributed by atoms with Gasteiger partial charge in [0.15, 0.2) is 0 Å². The summed E-state index contributed by atoms with van der Waals surface area (Å²) in [7, 11) is 0. The predicted molar refractivity (Wildman–Crippen MR) is 77.0 cm³/mol. The van der Waals surface area contributed by atoms with Gasteiger partial charge < -0.3 is 0 Å². The van der Waals surface area contributed by atoms with E-state index in [1.165, 1.54) is 24.3 Å². The Kier molecular flexibility index (Phi) is 4.18. The molecule has 0 aliphatic carbocycles. The number of rotatable bonds is 4. The Morgan fingerprint density at radius 2 is 2.00 bits per heavy atom. The first kappa shape index (κ1) is 14.4. The van der Waals surface area contributed by atoms with E-state index in [9.17, 15) is 14.0 Å². The first-order valence-corrected chi connectivity index (χ1v) is 7.24. The van der Waals surface area contributed by atoms with Gasteiger partial charge in [0.2, 0.25) is 5.78 Å². The van der Waals surface area contributed by atoms with Crippen LogP contribution < -0.4 is 0 Å². The smallest absolute Gasteiger partial charge is 0.253 e. The van der Waals surface area contributed by atoms with Gasteiger partial charge in [0.1, 0.15) is 0 Å². The van der Waals surface area contributed by atoms with E-state index in [4.69, 9.17) is 11.6 Å². The first-order chi connectivity index (χ1) is 8.93. The molecule has 0 bridgehead atoms. The number of carbonyl (C=O) groups is 2. The van der Waals surface area contributed by atoms with E-state index in [-0.39, 0.29) is 11.1 Å². The van der Waals surface area contributed by atoms with Crippen LogP contribution in [0.2, 0.25) is 0 Å². The van der Waals surface area contributed by atoms with Gasteiger partial charge in [-0.2, -0.15) is 0 Å². The third-order valence-corrected chi connectivity index (χ3v) is 4.39. The fraction of sp³-hybridized carbons (Fsp3) is 0.0769. The summed E-state index contributed by atoms with van der Waals surface area (Å²) in [6.45, 7) is 0. The second-order valence-corrected chi connectivity index (χ2v) is 6.12. The summed E-state index contributed by atoms with van der Waals surface area (Å²) in [5.74, 6) is -0.707. The van der Waals surface area contributed by atoms with Crippen LogP contribution in [0.5, 0.6) is 0 Å². The van der Waals surface area contributed by atoms with Crippen LogP contribution in [-0.4, -0.2) is 11.0 Å². The Morgan fingerprint density at radius 1 is 1.26 bits per heavy atom. The molecule has 98 valence electrons. The number of benzene rings is 1. The molecular weight excluding hydrogens is 355 g/mol. The lowest BCUT2D eigenvalue weighted by Crippen LogP contribution is -2.23. The Hall–Kier alpha value is -1.04. The summed E-state index contributed by atoms with van der Waals surface area (Å²) in [5, 5.41) is 0.989. The van der Waals surface area contributed by atoms with Crippen molar-refractivity contribution in [3.63, 3.8) is 0 Å². The Labute approximate surface area is 126 Å². The molecule has 0 amide bonds. The number of hydrogen-bond acceptors (Lipinski definition) is 3. The molecule has 1 aromatic carbocycles. The number of carbonyl (C=O) groups excluding carboxylic acids is 2. The molecule has 0 spiro atoms. The fourth-order valence-electron chi connectivity index (χ4n) is 1.53. The minimum Gasteiger partial charge on any atom is -0.288 e. The largest absolute Gasteiger partial charge is 0.288 e. The van der Waals surface area contributed by atoms with Crippen molar-refractivity contribution in [1.29, 1.82) is 0 Å². The van der Waals surface area contributed by atoms with Crippen molar-refractivity contribution < 1.29 is 14.0 Å². The number of ketones is 1. The van der Waals surface area contributed by atoms with E-state index >= 15 is 0 Å². The zero-order chi connectivity index (χ0) is 14.0. The lowest BCUT2D eigenvalue weighted by Gasteiger charge is -2.17. The third kappa shape index (κ3) is 2.94. The topological polar surface area (TPSA) is 34.1 Å². The maximum absolute atomic E-state index is 14.6. The molecule has 1 aromatic heterocycles. The number of Topliss-reactive ketones (excluding diaryl/α,β-unsaturated/α-hetero) is 1. The van der Waals surface area contributed by atoms with Gasteiger partial charge in [-0.15, -0.1) is 11.3 Å². The van der Waals surface area contributed by atoms with Crippen molar-refractivity contribution in [2.24, 2.45) is 0 Å². The van der Waals surface area contributed by atoms with Gasteiger partial charge in [0, 0.05) is 11.1 Å². The van der Waals surface area contributed by atoms with Crippen molar-refractivity contribution in [2.45, 2.75) is 4.58 Å². The van der Waals surface area contributed by atoms with E-state index in [2.05, 4.69) is 15.9 Å². The fourth-order valence-corrected chi connectivity index (χ4v) is 2.95. The van der Waals surface area contributed by atoms with Crippen LogP contribution in [-0.2, 0) is 4.58 Å². The normalized spacial score (nSPS) is 13.8. The molecule has 0 aliphatic heterocycles. The summed E-state index contributed by atoms with van der Waals surface area (Å²) in [4.78, 5) is 23.4. The third-order valence-electron chi connectivity index (χ3n) is 2.48. The van der Waals surface area contributed by atoms with Crippen molar-refractivity contribution in [1.82, 2.24) is 0 Å². The van der Waals surface area contributed by atoms with Crippen LogP contribution in [0.1, 0.15) is 25.6 Å². The van der Waals surface area contributed by atoms with Gasteiger partial charge in [-0.25, -0.2) is 4.39 Å². The van der Waals surface area contributed by atoms with Crippen molar-refractivity contribution in [3.8, 4) is 0 Å². The van der Waals surface area contributed by atoms with Gasteiger partial charge in [0.05, 0.1) is 4.88 Å². The van der Waals surface area contributed by atoms with Gasteiger partial charge >= 0.3 is 0 Å². The highest BCUT2D eigenvalue weighted by Gasteiger charge is 2.39. The van der Waals surface area contributed by atoms with Crippen molar-refractivity contribution >= 4 is 49.9 Å². The molecule has 0 saturated heterocycles. The highest BCUT2D eigenvalue weighted by Crippen LogP contribution is 2.38. The zero-order valence-corrected chi connectivity index (χ0v) is 12.6. The number of halogens is 3. The average molecular weight is 362 g/mol. The van der Waals surface area contributed by atoms with Gasteiger partial charge in [-0.1, -0.05) is 24.3 Å². The average Bonchev–Trinajstić information content (AvgIpc) is 2.91. The molecule has 1 heterocycles. The molecule has 6 heteroatoms. The zero-order valence-electron chi connectivity index (χ0n) is 9.40. The van der Waals surface area contributed by atoms with Crippen LogP contribution in [0.15, 0.2) is 41.8 Å². The SMILES string of the molecule is O=C(Cl)c1cccc(C(F)(Br)C(=O)c2cccs2)c1. The molecular formula is C13H7BrClFO2S. The Bertz CT molecular complexity index is 625. The molecule has 1 atom stereocenters. The molecule has 0 N–H and O–H groups in total. The molecule has 2 aromatic rings. The second-order valence-electron chi connectivity index (χ2n) is 3.74. The van der Waals surface area contributed by atoms with E-state index in [1.54, 1.807) is 17.5 Å². The number of alkyl halides is 2. The van der Waals surface area contributed by atoms with Crippen LogP contribution >= 0.6 is 38.9 Å². The second kappa shape index (κ2) is 5.53. The number of thiophene rings is 1. The van der Waals surface area contributed by atoms with Crippen LogP contribution in [0.4, 0.5) is 4.39 Å². The summed E-state index contributed by atoms with van der Waals surface area (Å²) < 4.78 is 12.3. The Morgan fingerprint density at radius 3 is 2.58 bits per heavy atom. The lowest BCUT2D eigenvalue weighted by atomic mass is 10.0. The van der Waals surface area contributed by atoms with Crippen molar-refractivity contribution in [3.05, 3.63) is 57.8 Å². The molecule has 2 nitrogen and oxygen atoms in total. The Balaban J connectivity index is 2.41. The molecule has 0 radical (unpaired) electrons. The van der Waals surface area contributed by atoms with Crippen LogP contribution in [0.25, 0.3) is 0 Å². The summed E-state index contributed by atoms with van der Waals surface area (Å²) >= 11 is 9.29. The summed E-state index contributed by atoms with van der Waals surface area (Å²) in [6, 6.07) is 8.82. The standard InChI is InChI=1S/C13H7BrClFO2S/c14-13(16,11(17)10-5-2-6-19-10)9-4-1-3-8(7-9)12(15)18/h1-7H. The predicted octanol–water partition coefficient (Wildman–Crippen LogP) is 4.53. The molecule has 0 aliphatic rings. The molecule has 2 rings (SSSR count). The molecule has 0 saturated carbocycles. The molecule has 1 unspecified atom stereocenters. The molecule has 19 heavy (non-hydrogen) atoms. The van der Waals surface area contributed by atoms with E-state index in [0.29, 0.717) is 4.88 Å². The van der Waals surface area contributed by atoms with Crippen LogP contribution in [0, 0.1) is 0 Å². The minimum absolute atomic E-state index is 0.0393. The summed E-state index contributed by atoms with van der Waals surface area (Å²) in [6.07, 6.45) is 0. The van der Waals surface area contributed by atoms with Gasteiger partial charge in [0.25, 0.3) is 9.82 Å². The monoisotopic (exact) mass is 360 g/mol. The number of hydrogen-bond donors (Lipinski definition) is 0. The van der Waals surface area contributed by atoms with Gasteiger partial charge in [-0.05, 0) is 45.0 Å². The summed E-state index contributed by atoms with van der Waals surface area (Å²) in [5.41, 5.74) is 0.178. The maximum Gasteiger partial charge on any atom is 0.253 e. The minimum atomic E-state index is -2.37.